The second-order valence-corrected chi connectivity index (χ2v) is 7.82. The van der Waals surface area contributed by atoms with E-state index in [1.165, 1.54) is 16.7 Å². The highest BCUT2D eigenvalue weighted by atomic mass is 79.9. The molecule has 0 N–H and O–H groups in total. The van der Waals surface area contributed by atoms with Gasteiger partial charge in [-0.3, -0.25) is 4.79 Å². The predicted octanol–water partition coefficient (Wildman–Crippen LogP) is 5.65. The molecule has 2 heterocycles. The van der Waals surface area contributed by atoms with E-state index < -0.39 is 5.02 Å². The van der Waals surface area contributed by atoms with E-state index in [1.807, 2.05) is 30.3 Å². The standard InChI is InChI=1S/C22H17BrF2N2O3/c1-13-21(14(2)30-26-13)17-10-16-8-9-20(28)27(12-15-6-4-3-5-7-15)18(16)11-19(17)29-22(23,24)25/h3-11H,12H2,1-2H3. The first kappa shape index (κ1) is 20.3. The van der Waals surface area contributed by atoms with Gasteiger partial charge in [0.15, 0.2) is 0 Å². The number of aryl methyl sites for hydroxylation is 2. The molecular formula is C22H17BrF2N2O3. The molecule has 0 aliphatic rings. The molecule has 0 aliphatic heterocycles. The van der Waals surface area contributed by atoms with Gasteiger partial charge in [0.2, 0.25) is 0 Å². The van der Waals surface area contributed by atoms with Gasteiger partial charge >= 0.3 is 5.02 Å². The molecule has 0 fully saturated rings. The molecule has 0 amide bonds. The van der Waals surface area contributed by atoms with Gasteiger partial charge in [-0.1, -0.05) is 35.5 Å². The van der Waals surface area contributed by atoms with Crippen LogP contribution in [-0.2, 0) is 6.54 Å². The minimum absolute atomic E-state index is 0.0915. The van der Waals surface area contributed by atoms with Gasteiger partial charge in [-0.05, 0) is 36.9 Å². The van der Waals surface area contributed by atoms with E-state index in [-0.39, 0.29) is 11.3 Å². The molecule has 154 valence electrons. The van der Waals surface area contributed by atoms with Crippen LogP contribution in [0.2, 0.25) is 0 Å². The van der Waals surface area contributed by atoms with Crippen LogP contribution in [0.3, 0.4) is 0 Å². The van der Waals surface area contributed by atoms with Crippen molar-refractivity contribution in [3.05, 3.63) is 82.0 Å². The molecule has 0 spiro atoms. The number of hydrogen-bond acceptors (Lipinski definition) is 4. The first-order valence-electron chi connectivity index (χ1n) is 9.13. The molecule has 0 atom stereocenters. The van der Waals surface area contributed by atoms with Crippen LogP contribution in [0.25, 0.3) is 22.0 Å². The monoisotopic (exact) mass is 474 g/mol. The summed E-state index contributed by atoms with van der Waals surface area (Å²) >= 11 is 2.24. The quantitative estimate of drug-likeness (QED) is 0.351. The van der Waals surface area contributed by atoms with Gasteiger partial charge in [-0.25, -0.2) is 0 Å². The van der Waals surface area contributed by atoms with Crippen LogP contribution >= 0.6 is 15.9 Å². The number of fused-ring (bicyclic) bond motifs is 1. The first-order valence-corrected chi connectivity index (χ1v) is 9.93. The molecule has 8 heteroatoms. The Morgan fingerprint density at radius 3 is 2.50 bits per heavy atom. The molecule has 0 unspecified atom stereocenters. The van der Waals surface area contributed by atoms with Crippen molar-refractivity contribution < 1.29 is 18.0 Å². The number of nitrogens with zero attached hydrogens (tertiary/aromatic N) is 2. The second kappa shape index (κ2) is 7.68. The minimum Gasteiger partial charge on any atom is -0.423 e. The number of pyridine rings is 1. The molecule has 0 aliphatic carbocycles. The number of halogens is 3. The minimum atomic E-state index is -3.59. The van der Waals surface area contributed by atoms with E-state index in [1.54, 1.807) is 26.0 Å². The summed E-state index contributed by atoms with van der Waals surface area (Å²) in [6, 6.07) is 15.7. The summed E-state index contributed by atoms with van der Waals surface area (Å²) < 4.78 is 39.1. The predicted molar refractivity (Wildman–Crippen MR) is 113 cm³/mol. The number of hydrogen-bond donors (Lipinski definition) is 0. The van der Waals surface area contributed by atoms with Crippen molar-refractivity contribution in [2.75, 3.05) is 0 Å². The molecule has 5 nitrogen and oxygen atoms in total. The number of ether oxygens (including phenoxy) is 1. The lowest BCUT2D eigenvalue weighted by atomic mass is 10.0. The van der Waals surface area contributed by atoms with Crippen LogP contribution in [0.5, 0.6) is 5.75 Å². The van der Waals surface area contributed by atoms with Crippen LogP contribution < -0.4 is 10.3 Å². The van der Waals surface area contributed by atoms with Gasteiger partial charge in [-0.15, -0.1) is 0 Å². The zero-order chi connectivity index (χ0) is 21.5. The Hall–Kier alpha value is -3.00. The highest BCUT2D eigenvalue weighted by molar-refractivity contribution is 9.09. The van der Waals surface area contributed by atoms with Crippen LogP contribution in [0.1, 0.15) is 17.0 Å². The molecule has 2 aromatic heterocycles. The number of aromatic nitrogens is 2. The maximum Gasteiger partial charge on any atom is 0.459 e. The van der Waals surface area contributed by atoms with Gasteiger partial charge in [0.25, 0.3) is 5.56 Å². The lowest BCUT2D eigenvalue weighted by molar-refractivity contribution is -0.0798. The Morgan fingerprint density at radius 2 is 1.87 bits per heavy atom. The van der Waals surface area contributed by atoms with Crippen LogP contribution in [-0.4, -0.2) is 14.7 Å². The normalized spacial score (nSPS) is 11.8. The average molecular weight is 475 g/mol. The van der Waals surface area contributed by atoms with Crippen molar-refractivity contribution in [3.8, 4) is 16.9 Å². The van der Waals surface area contributed by atoms with Crippen LogP contribution in [0, 0.1) is 13.8 Å². The second-order valence-electron chi connectivity index (χ2n) is 6.90. The Morgan fingerprint density at radius 1 is 1.13 bits per heavy atom. The van der Waals surface area contributed by atoms with Crippen molar-refractivity contribution >= 4 is 26.8 Å². The Balaban J connectivity index is 1.97. The summed E-state index contributed by atoms with van der Waals surface area (Å²) in [6.45, 7) is 3.72. The van der Waals surface area contributed by atoms with E-state index >= 15 is 0 Å². The van der Waals surface area contributed by atoms with E-state index in [4.69, 9.17) is 9.26 Å². The van der Waals surface area contributed by atoms with E-state index in [0.29, 0.717) is 40.0 Å². The summed E-state index contributed by atoms with van der Waals surface area (Å²) in [4.78, 5) is 12.6. The summed E-state index contributed by atoms with van der Waals surface area (Å²) in [5.74, 6) is 0.387. The summed E-state index contributed by atoms with van der Waals surface area (Å²) in [7, 11) is 0. The SMILES string of the molecule is Cc1noc(C)c1-c1cc2ccc(=O)n(Cc3ccccc3)c2cc1OC(F)(F)Br. The molecule has 4 aromatic rings. The van der Waals surface area contributed by atoms with Crippen molar-refractivity contribution in [1.29, 1.82) is 0 Å². The molecule has 0 radical (unpaired) electrons. The molecular weight excluding hydrogens is 458 g/mol. The van der Waals surface area contributed by atoms with E-state index in [2.05, 4.69) is 21.1 Å². The lowest BCUT2D eigenvalue weighted by Crippen LogP contribution is -2.20. The van der Waals surface area contributed by atoms with Crippen molar-refractivity contribution in [2.24, 2.45) is 0 Å². The number of alkyl halides is 3. The maximum absolute atomic E-state index is 13.7. The van der Waals surface area contributed by atoms with Crippen molar-refractivity contribution in [1.82, 2.24) is 9.72 Å². The van der Waals surface area contributed by atoms with Gasteiger partial charge in [0.1, 0.15) is 11.5 Å². The van der Waals surface area contributed by atoms with Gasteiger partial charge in [0, 0.05) is 33.6 Å². The summed E-state index contributed by atoms with van der Waals surface area (Å²) in [5, 5.41) is 1.02. The molecule has 4 rings (SSSR count). The topological polar surface area (TPSA) is 57.3 Å². The first-order chi connectivity index (χ1) is 14.2. The molecule has 0 bridgehead atoms. The van der Waals surface area contributed by atoms with Crippen LogP contribution in [0.4, 0.5) is 8.78 Å². The third-order valence-electron chi connectivity index (χ3n) is 4.80. The van der Waals surface area contributed by atoms with Gasteiger partial charge < -0.3 is 13.8 Å². The van der Waals surface area contributed by atoms with E-state index in [9.17, 15) is 13.6 Å². The fourth-order valence-corrected chi connectivity index (χ4v) is 3.70. The smallest absolute Gasteiger partial charge is 0.423 e. The highest BCUT2D eigenvalue weighted by Gasteiger charge is 2.29. The van der Waals surface area contributed by atoms with Gasteiger partial charge in [0.05, 0.1) is 23.3 Å². The third kappa shape index (κ3) is 4.00. The largest absolute Gasteiger partial charge is 0.459 e. The zero-order valence-corrected chi connectivity index (χ0v) is 17.7. The lowest BCUT2D eigenvalue weighted by Gasteiger charge is -2.18. The summed E-state index contributed by atoms with van der Waals surface area (Å²) in [6.07, 6.45) is 0. The third-order valence-corrected chi connectivity index (χ3v) is 4.96. The number of rotatable bonds is 5. The zero-order valence-electron chi connectivity index (χ0n) is 16.2. The fraction of sp³-hybridized carbons (Fsp3) is 0.182. The average Bonchev–Trinajstić information content (AvgIpc) is 3.02. The van der Waals surface area contributed by atoms with Crippen LogP contribution in [0.15, 0.2) is 63.9 Å². The fourth-order valence-electron chi connectivity index (χ4n) is 3.52. The Bertz CT molecular complexity index is 1260. The maximum atomic E-state index is 13.7. The Kier molecular flexibility index (Phi) is 5.19. The molecule has 2 aromatic carbocycles. The molecule has 0 saturated heterocycles. The van der Waals surface area contributed by atoms with Gasteiger partial charge in [-0.2, -0.15) is 8.78 Å². The van der Waals surface area contributed by atoms with E-state index in [0.717, 1.165) is 5.56 Å². The number of benzene rings is 2. The van der Waals surface area contributed by atoms with Crippen molar-refractivity contribution in [2.45, 2.75) is 25.4 Å². The highest BCUT2D eigenvalue weighted by Crippen LogP contribution is 2.40. The molecule has 30 heavy (non-hydrogen) atoms. The Labute approximate surface area is 179 Å². The summed E-state index contributed by atoms with van der Waals surface area (Å²) in [5.41, 5.74) is 2.68. The van der Waals surface area contributed by atoms with Crippen molar-refractivity contribution in [3.63, 3.8) is 0 Å². The molecule has 0 saturated carbocycles.